The Morgan fingerprint density at radius 1 is 1.29 bits per heavy atom. The lowest BCUT2D eigenvalue weighted by Crippen LogP contribution is -2.01. The Morgan fingerprint density at radius 2 is 2.06 bits per heavy atom. The number of benzene rings is 1. The molecule has 1 aromatic heterocycles. The van der Waals surface area contributed by atoms with E-state index in [2.05, 4.69) is 13.0 Å². The number of methoxy groups -OCH3 is 1. The molecule has 0 spiro atoms. The standard InChI is InChI=1S/C14H16O2S/c1-9-5-4-6-12(10(9)2)14(15)13-7-11(16-3)8-17-13/h4-8,14-15H,1-3H3. The van der Waals surface area contributed by atoms with Crippen molar-refractivity contribution in [1.29, 1.82) is 0 Å². The van der Waals surface area contributed by atoms with Crippen LogP contribution in [0.3, 0.4) is 0 Å². The van der Waals surface area contributed by atoms with Crippen molar-refractivity contribution in [3.8, 4) is 5.75 Å². The maximum Gasteiger partial charge on any atom is 0.129 e. The maximum absolute atomic E-state index is 10.4. The Labute approximate surface area is 105 Å². The average Bonchev–Trinajstić information content (AvgIpc) is 2.80. The summed E-state index contributed by atoms with van der Waals surface area (Å²) < 4.78 is 5.13. The molecule has 0 saturated heterocycles. The van der Waals surface area contributed by atoms with Crippen molar-refractivity contribution in [2.24, 2.45) is 0 Å². The van der Waals surface area contributed by atoms with Crippen LogP contribution in [0, 0.1) is 13.8 Å². The highest BCUT2D eigenvalue weighted by Gasteiger charge is 2.15. The fraction of sp³-hybridized carbons (Fsp3) is 0.286. The zero-order valence-corrected chi connectivity index (χ0v) is 11.0. The van der Waals surface area contributed by atoms with E-state index < -0.39 is 6.10 Å². The number of ether oxygens (including phenoxy) is 1. The first-order chi connectivity index (χ1) is 8.13. The molecule has 1 atom stereocenters. The van der Waals surface area contributed by atoms with E-state index >= 15 is 0 Å². The van der Waals surface area contributed by atoms with Gasteiger partial charge in [-0.1, -0.05) is 18.2 Å². The first kappa shape index (κ1) is 12.1. The van der Waals surface area contributed by atoms with Crippen molar-refractivity contribution in [1.82, 2.24) is 0 Å². The number of aliphatic hydroxyl groups is 1. The van der Waals surface area contributed by atoms with E-state index in [1.54, 1.807) is 7.11 Å². The van der Waals surface area contributed by atoms with Gasteiger partial charge < -0.3 is 9.84 Å². The zero-order valence-electron chi connectivity index (χ0n) is 10.2. The van der Waals surface area contributed by atoms with Gasteiger partial charge in [0, 0.05) is 10.3 Å². The Kier molecular flexibility index (Phi) is 3.50. The number of aryl methyl sites for hydroxylation is 1. The predicted molar refractivity (Wildman–Crippen MR) is 70.8 cm³/mol. The molecule has 1 aromatic carbocycles. The Morgan fingerprint density at radius 3 is 2.71 bits per heavy atom. The second-order valence-corrected chi connectivity index (χ2v) is 5.02. The summed E-state index contributed by atoms with van der Waals surface area (Å²) in [5.41, 5.74) is 3.31. The minimum absolute atomic E-state index is 0.566. The Balaban J connectivity index is 2.36. The van der Waals surface area contributed by atoms with Crippen molar-refractivity contribution in [2.75, 3.05) is 7.11 Å². The van der Waals surface area contributed by atoms with Gasteiger partial charge in [-0.15, -0.1) is 11.3 Å². The molecule has 1 heterocycles. The van der Waals surface area contributed by atoms with Crippen LogP contribution in [0.5, 0.6) is 5.75 Å². The van der Waals surface area contributed by atoms with Crippen LogP contribution in [0.4, 0.5) is 0 Å². The summed E-state index contributed by atoms with van der Waals surface area (Å²) in [6.07, 6.45) is -0.566. The zero-order chi connectivity index (χ0) is 12.4. The SMILES string of the molecule is COc1csc(C(O)c2cccc(C)c2C)c1. The summed E-state index contributed by atoms with van der Waals surface area (Å²) in [5.74, 6) is 0.800. The molecule has 0 aliphatic rings. The molecule has 0 fully saturated rings. The van der Waals surface area contributed by atoms with Gasteiger partial charge in [0.2, 0.25) is 0 Å². The van der Waals surface area contributed by atoms with Gasteiger partial charge in [-0.25, -0.2) is 0 Å². The third-order valence-corrected chi connectivity index (χ3v) is 4.01. The number of hydrogen-bond donors (Lipinski definition) is 1. The van der Waals surface area contributed by atoms with Gasteiger partial charge in [0.15, 0.2) is 0 Å². The lowest BCUT2D eigenvalue weighted by Gasteiger charge is -2.13. The van der Waals surface area contributed by atoms with Crippen molar-refractivity contribution >= 4 is 11.3 Å². The molecule has 0 bridgehead atoms. The van der Waals surface area contributed by atoms with E-state index in [1.807, 2.05) is 30.5 Å². The molecule has 3 heteroatoms. The molecule has 0 saturated carbocycles. The van der Waals surface area contributed by atoms with E-state index in [0.717, 1.165) is 21.8 Å². The molecular formula is C14H16O2S. The van der Waals surface area contributed by atoms with Crippen LogP contribution < -0.4 is 4.74 Å². The minimum atomic E-state index is -0.566. The van der Waals surface area contributed by atoms with Crippen molar-refractivity contribution in [3.63, 3.8) is 0 Å². The molecule has 0 amide bonds. The summed E-state index contributed by atoms with van der Waals surface area (Å²) in [4.78, 5) is 0.913. The largest absolute Gasteiger partial charge is 0.496 e. The molecule has 2 aromatic rings. The lowest BCUT2D eigenvalue weighted by atomic mass is 9.98. The number of rotatable bonds is 3. The second kappa shape index (κ2) is 4.90. The molecule has 17 heavy (non-hydrogen) atoms. The van der Waals surface area contributed by atoms with Crippen molar-refractivity contribution < 1.29 is 9.84 Å². The maximum atomic E-state index is 10.4. The molecule has 90 valence electrons. The molecule has 1 unspecified atom stereocenters. The van der Waals surface area contributed by atoms with Crippen LogP contribution in [-0.4, -0.2) is 12.2 Å². The molecule has 1 N–H and O–H groups in total. The number of hydrogen-bond acceptors (Lipinski definition) is 3. The summed E-state index contributed by atoms with van der Waals surface area (Å²) in [7, 11) is 1.64. The second-order valence-electron chi connectivity index (χ2n) is 4.08. The van der Waals surface area contributed by atoms with Gasteiger partial charge in [-0.2, -0.15) is 0 Å². The van der Waals surface area contributed by atoms with E-state index in [-0.39, 0.29) is 0 Å². The normalized spacial score (nSPS) is 12.5. The smallest absolute Gasteiger partial charge is 0.129 e. The number of thiophene rings is 1. The van der Waals surface area contributed by atoms with E-state index in [1.165, 1.54) is 16.9 Å². The van der Waals surface area contributed by atoms with Crippen LogP contribution in [-0.2, 0) is 0 Å². The van der Waals surface area contributed by atoms with Gasteiger partial charge >= 0.3 is 0 Å². The van der Waals surface area contributed by atoms with Crippen molar-refractivity contribution in [2.45, 2.75) is 20.0 Å². The minimum Gasteiger partial charge on any atom is -0.496 e. The summed E-state index contributed by atoms with van der Waals surface area (Å²) in [5, 5.41) is 12.3. The molecule has 0 aliphatic carbocycles. The monoisotopic (exact) mass is 248 g/mol. The van der Waals surface area contributed by atoms with E-state index in [9.17, 15) is 5.11 Å². The quantitative estimate of drug-likeness (QED) is 0.901. The van der Waals surface area contributed by atoms with Crippen LogP contribution >= 0.6 is 11.3 Å². The molecule has 2 rings (SSSR count). The van der Waals surface area contributed by atoms with Gasteiger partial charge in [0.1, 0.15) is 11.9 Å². The average molecular weight is 248 g/mol. The summed E-state index contributed by atoms with van der Waals surface area (Å²) >= 11 is 1.52. The number of aliphatic hydroxyl groups excluding tert-OH is 1. The first-order valence-electron chi connectivity index (χ1n) is 5.50. The fourth-order valence-corrected chi connectivity index (χ4v) is 2.66. The van der Waals surface area contributed by atoms with Crippen LogP contribution in [0.15, 0.2) is 29.6 Å². The highest BCUT2D eigenvalue weighted by Crippen LogP contribution is 2.32. The Hall–Kier alpha value is -1.32. The molecular weight excluding hydrogens is 232 g/mol. The van der Waals surface area contributed by atoms with Crippen LogP contribution in [0.25, 0.3) is 0 Å². The van der Waals surface area contributed by atoms with Gasteiger partial charge in [0.25, 0.3) is 0 Å². The van der Waals surface area contributed by atoms with Gasteiger partial charge in [-0.3, -0.25) is 0 Å². The highest BCUT2D eigenvalue weighted by molar-refractivity contribution is 7.10. The molecule has 0 radical (unpaired) electrons. The van der Waals surface area contributed by atoms with E-state index in [0.29, 0.717) is 0 Å². The van der Waals surface area contributed by atoms with Crippen LogP contribution in [0.2, 0.25) is 0 Å². The molecule has 2 nitrogen and oxygen atoms in total. The van der Waals surface area contributed by atoms with Crippen molar-refractivity contribution in [3.05, 3.63) is 51.2 Å². The Bertz CT molecular complexity index is 517. The topological polar surface area (TPSA) is 29.5 Å². The third-order valence-electron chi connectivity index (χ3n) is 3.04. The third kappa shape index (κ3) is 2.35. The molecule has 0 aliphatic heterocycles. The predicted octanol–water partition coefficient (Wildman–Crippen LogP) is 3.46. The van der Waals surface area contributed by atoms with E-state index in [4.69, 9.17) is 4.74 Å². The summed E-state index contributed by atoms with van der Waals surface area (Å²) in [6, 6.07) is 7.89. The lowest BCUT2D eigenvalue weighted by molar-refractivity contribution is 0.223. The van der Waals surface area contributed by atoms with Gasteiger partial charge in [0.05, 0.1) is 7.11 Å². The van der Waals surface area contributed by atoms with Gasteiger partial charge in [-0.05, 0) is 36.6 Å². The highest BCUT2D eigenvalue weighted by atomic mass is 32.1. The fourth-order valence-electron chi connectivity index (χ4n) is 1.81. The van der Waals surface area contributed by atoms with Crippen LogP contribution in [0.1, 0.15) is 27.7 Å². The summed E-state index contributed by atoms with van der Waals surface area (Å²) in [6.45, 7) is 4.10. The first-order valence-corrected chi connectivity index (χ1v) is 6.38.